The summed E-state index contributed by atoms with van der Waals surface area (Å²) in [6.45, 7) is 0.782. The van der Waals surface area contributed by atoms with Gasteiger partial charge in [0.2, 0.25) is 0 Å². The fourth-order valence-corrected chi connectivity index (χ4v) is 4.10. The van der Waals surface area contributed by atoms with E-state index in [4.69, 9.17) is 4.98 Å². The van der Waals surface area contributed by atoms with E-state index in [-0.39, 0.29) is 12.1 Å². The molecule has 0 radical (unpaired) electrons. The van der Waals surface area contributed by atoms with Crippen molar-refractivity contribution in [2.75, 3.05) is 6.54 Å². The van der Waals surface area contributed by atoms with Crippen LogP contribution in [-0.2, 0) is 0 Å². The molecule has 1 aromatic carbocycles. The first-order valence-corrected chi connectivity index (χ1v) is 9.86. The molecule has 2 heterocycles. The summed E-state index contributed by atoms with van der Waals surface area (Å²) >= 11 is 0. The number of aromatic nitrogens is 3. The van der Waals surface area contributed by atoms with Crippen LogP contribution in [0.5, 0.6) is 0 Å². The molecule has 1 unspecified atom stereocenters. The Morgan fingerprint density at radius 3 is 2.62 bits per heavy atom. The Morgan fingerprint density at radius 2 is 1.81 bits per heavy atom. The lowest BCUT2D eigenvalue weighted by Gasteiger charge is -2.36. The van der Waals surface area contributed by atoms with Crippen LogP contribution in [0.25, 0.3) is 11.4 Å². The second-order valence-electron chi connectivity index (χ2n) is 7.40. The van der Waals surface area contributed by atoms with E-state index in [9.17, 15) is 4.79 Å². The lowest BCUT2D eigenvalue weighted by molar-refractivity contribution is 0.142. The van der Waals surface area contributed by atoms with Gasteiger partial charge < -0.3 is 10.2 Å². The van der Waals surface area contributed by atoms with Crippen LogP contribution in [0.15, 0.2) is 30.3 Å². The predicted octanol–water partition coefficient (Wildman–Crippen LogP) is 4.04. The Balaban J connectivity index is 1.48. The summed E-state index contributed by atoms with van der Waals surface area (Å²) in [5.74, 6) is 1.49. The smallest absolute Gasteiger partial charge is 0.318 e. The van der Waals surface area contributed by atoms with Gasteiger partial charge in [0.25, 0.3) is 0 Å². The van der Waals surface area contributed by atoms with E-state index in [0.717, 1.165) is 50.0 Å². The minimum Gasteiger partial charge on any atom is -0.335 e. The standard InChI is InChI=1S/C20H27N5O/c26-20(21-16-11-5-2-6-12-16)25-14-8-7-13-17(25)19-22-18(23-24-19)15-9-3-1-4-10-15/h1,3-4,9-10,16-17H,2,5-8,11-14H2,(H,21,26)(H,22,23,24). The second kappa shape index (κ2) is 7.89. The molecule has 0 spiro atoms. The van der Waals surface area contributed by atoms with Gasteiger partial charge in [-0.2, -0.15) is 5.10 Å². The molecule has 2 aliphatic rings. The first-order valence-electron chi connectivity index (χ1n) is 9.86. The molecule has 6 nitrogen and oxygen atoms in total. The maximum atomic E-state index is 12.9. The van der Waals surface area contributed by atoms with Crippen molar-refractivity contribution >= 4 is 6.03 Å². The van der Waals surface area contributed by atoms with Crippen molar-refractivity contribution in [2.24, 2.45) is 0 Å². The molecule has 2 amide bonds. The molecule has 1 aliphatic carbocycles. The third-order valence-electron chi connectivity index (χ3n) is 5.55. The maximum absolute atomic E-state index is 12.9. The minimum absolute atomic E-state index is 0.0164. The predicted molar refractivity (Wildman–Crippen MR) is 101 cm³/mol. The lowest BCUT2D eigenvalue weighted by atomic mass is 9.95. The molecule has 0 bridgehead atoms. The summed E-state index contributed by atoms with van der Waals surface area (Å²) in [5, 5.41) is 10.7. The Morgan fingerprint density at radius 1 is 1.04 bits per heavy atom. The number of hydrogen-bond donors (Lipinski definition) is 2. The highest BCUT2D eigenvalue weighted by Gasteiger charge is 2.31. The molecule has 26 heavy (non-hydrogen) atoms. The number of carbonyl (C=O) groups excluding carboxylic acids is 1. The zero-order valence-electron chi connectivity index (χ0n) is 15.2. The van der Waals surface area contributed by atoms with Crippen LogP contribution in [-0.4, -0.2) is 38.7 Å². The van der Waals surface area contributed by atoms with Gasteiger partial charge in [0.15, 0.2) is 5.82 Å². The molecule has 2 N–H and O–H groups in total. The van der Waals surface area contributed by atoms with Crippen molar-refractivity contribution in [3.63, 3.8) is 0 Å². The number of nitrogens with zero attached hydrogens (tertiary/aromatic N) is 3. The minimum atomic E-state index is -0.0164. The van der Waals surface area contributed by atoms with Crippen LogP contribution >= 0.6 is 0 Å². The lowest BCUT2D eigenvalue weighted by Crippen LogP contribution is -2.48. The number of carbonyl (C=O) groups is 1. The van der Waals surface area contributed by atoms with Gasteiger partial charge in [-0.1, -0.05) is 49.6 Å². The van der Waals surface area contributed by atoms with Crippen LogP contribution in [0, 0.1) is 0 Å². The Bertz CT molecular complexity index is 723. The molecule has 2 aromatic rings. The van der Waals surface area contributed by atoms with Gasteiger partial charge in [0.1, 0.15) is 5.82 Å². The van der Waals surface area contributed by atoms with Crippen LogP contribution in [0.4, 0.5) is 4.79 Å². The number of benzene rings is 1. The van der Waals surface area contributed by atoms with Crippen molar-refractivity contribution in [3.05, 3.63) is 36.2 Å². The van der Waals surface area contributed by atoms with E-state index in [2.05, 4.69) is 15.5 Å². The molecule has 6 heteroatoms. The van der Waals surface area contributed by atoms with Crippen LogP contribution in [0.2, 0.25) is 0 Å². The highest BCUT2D eigenvalue weighted by atomic mass is 16.2. The molecule has 1 atom stereocenters. The van der Waals surface area contributed by atoms with Gasteiger partial charge in [-0.25, -0.2) is 9.78 Å². The van der Waals surface area contributed by atoms with Crippen LogP contribution < -0.4 is 5.32 Å². The zero-order valence-corrected chi connectivity index (χ0v) is 15.2. The summed E-state index contributed by atoms with van der Waals surface area (Å²) in [6.07, 6.45) is 9.03. The summed E-state index contributed by atoms with van der Waals surface area (Å²) in [4.78, 5) is 19.5. The van der Waals surface area contributed by atoms with Gasteiger partial charge in [-0.3, -0.25) is 5.10 Å². The van der Waals surface area contributed by atoms with Crippen molar-refractivity contribution in [1.82, 2.24) is 25.4 Å². The maximum Gasteiger partial charge on any atom is 0.318 e. The fraction of sp³-hybridized carbons (Fsp3) is 0.550. The van der Waals surface area contributed by atoms with Gasteiger partial charge in [-0.15, -0.1) is 0 Å². The molecule has 138 valence electrons. The number of likely N-dealkylation sites (tertiary alicyclic amines) is 1. The Labute approximate surface area is 154 Å². The topological polar surface area (TPSA) is 73.9 Å². The second-order valence-corrected chi connectivity index (χ2v) is 7.40. The normalized spacial score (nSPS) is 21.5. The average molecular weight is 353 g/mol. The summed E-state index contributed by atoms with van der Waals surface area (Å²) in [6, 6.07) is 10.3. The number of nitrogens with one attached hydrogen (secondary N) is 2. The zero-order chi connectivity index (χ0) is 17.8. The molecular formula is C20H27N5O. The highest BCUT2D eigenvalue weighted by Crippen LogP contribution is 2.30. The van der Waals surface area contributed by atoms with E-state index in [1.54, 1.807) is 0 Å². The largest absolute Gasteiger partial charge is 0.335 e. The third kappa shape index (κ3) is 3.74. The number of aromatic amines is 1. The van der Waals surface area contributed by atoms with E-state index >= 15 is 0 Å². The van der Waals surface area contributed by atoms with Gasteiger partial charge in [0, 0.05) is 18.2 Å². The van der Waals surface area contributed by atoms with Crippen LogP contribution in [0.3, 0.4) is 0 Å². The molecule has 1 saturated heterocycles. The molecule has 2 fully saturated rings. The SMILES string of the molecule is O=C(NC1CCCCC1)N1CCCCC1c1nc(-c2ccccc2)n[nH]1. The fourth-order valence-electron chi connectivity index (χ4n) is 4.10. The Hall–Kier alpha value is -2.37. The number of hydrogen-bond acceptors (Lipinski definition) is 3. The quantitative estimate of drug-likeness (QED) is 0.874. The van der Waals surface area contributed by atoms with Crippen LogP contribution in [0.1, 0.15) is 63.2 Å². The third-order valence-corrected chi connectivity index (χ3v) is 5.55. The van der Waals surface area contributed by atoms with Crippen molar-refractivity contribution in [3.8, 4) is 11.4 Å². The number of H-pyrrole nitrogens is 1. The molecule has 1 aromatic heterocycles. The monoisotopic (exact) mass is 353 g/mol. The average Bonchev–Trinajstić information content (AvgIpc) is 3.19. The molecule has 1 aliphatic heterocycles. The number of piperidine rings is 1. The van der Waals surface area contributed by atoms with E-state index in [0.29, 0.717) is 11.9 Å². The number of amides is 2. The summed E-state index contributed by atoms with van der Waals surface area (Å²) < 4.78 is 0. The Kier molecular flexibility index (Phi) is 5.18. The first kappa shape index (κ1) is 17.1. The van der Waals surface area contributed by atoms with Gasteiger partial charge >= 0.3 is 6.03 Å². The van der Waals surface area contributed by atoms with Crippen molar-refractivity contribution in [1.29, 1.82) is 0 Å². The first-order chi connectivity index (χ1) is 12.8. The highest BCUT2D eigenvalue weighted by molar-refractivity contribution is 5.75. The van der Waals surface area contributed by atoms with Crippen molar-refractivity contribution in [2.45, 2.75) is 63.5 Å². The van der Waals surface area contributed by atoms with E-state index in [1.807, 2.05) is 35.2 Å². The van der Waals surface area contributed by atoms with Gasteiger partial charge in [0.05, 0.1) is 6.04 Å². The van der Waals surface area contributed by atoms with Gasteiger partial charge in [-0.05, 0) is 32.1 Å². The van der Waals surface area contributed by atoms with Crippen molar-refractivity contribution < 1.29 is 4.79 Å². The molecule has 1 saturated carbocycles. The molecular weight excluding hydrogens is 326 g/mol. The van der Waals surface area contributed by atoms with E-state index in [1.165, 1.54) is 19.3 Å². The van der Waals surface area contributed by atoms with E-state index < -0.39 is 0 Å². The number of rotatable bonds is 3. The molecule has 4 rings (SSSR count). The number of urea groups is 1. The summed E-state index contributed by atoms with van der Waals surface area (Å²) in [7, 11) is 0. The summed E-state index contributed by atoms with van der Waals surface area (Å²) in [5.41, 5.74) is 0.990.